The lowest BCUT2D eigenvalue weighted by Crippen LogP contribution is -2.37. The summed E-state index contributed by atoms with van der Waals surface area (Å²) in [5.74, 6) is -2.07. The Hall–Kier alpha value is -2.94. The number of hydrogen-bond acceptors (Lipinski definition) is 4. The molecular formula is C16H16FN3O4S. The summed E-state index contributed by atoms with van der Waals surface area (Å²) in [6.45, 7) is -0.588. The average molecular weight is 365 g/mol. The summed E-state index contributed by atoms with van der Waals surface area (Å²) < 4.78 is 38.0. The first kappa shape index (κ1) is 18.4. The van der Waals surface area contributed by atoms with E-state index in [-0.39, 0.29) is 16.9 Å². The van der Waals surface area contributed by atoms with Crippen molar-refractivity contribution in [1.29, 1.82) is 0 Å². The minimum atomic E-state index is -3.83. The number of nitrogens with one attached hydrogen (secondary N) is 1. The second-order valence-electron chi connectivity index (χ2n) is 5.21. The number of nitrogens with two attached hydrogens (primary N) is 1. The maximum absolute atomic E-state index is 13.4. The van der Waals surface area contributed by atoms with Crippen LogP contribution >= 0.6 is 0 Å². The van der Waals surface area contributed by atoms with Crippen molar-refractivity contribution in [1.82, 2.24) is 0 Å². The summed E-state index contributed by atoms with van der Waals surface area (Å²) >= 11 is 0. The molecule has 25 heavy (non-hydrogen) atoms. The van der Waals surface area contributed by atoms with Gasteiger partial charge in [-0.25, -0.2) is 12.8 Å². The zero-order chi connectivity index (χ0) is 18.6. The fourth-order valence-electron chi connectivity index (χ4n) is 2.16. The van der Waals surface area contributed by atoms with Crippen LogP contribution in [0.15, 0.2) is 48.5 Å². The zero-order valence-corrected chi connectivity index (χ0v) is 14.1. The van der Waals surface area contributed by atoms with Gasteiger partial charge in [0.2, 0.25) is 15.9 Å². The molecule has 0 aliphatic rings. The van der Waals surface area contributed by atoms with Gasteiger partial charge >= 0.3 is 0 Å². The molecule has 0 unspecified atom stereocenters. The largest absolute Gasteiger partial charge is 0.366 e. The molecule has 0 aromatic heterocycles. The van der Waals surface area contributed by atoms with Crippen LogP contribution in [0.4, 0.5) is 15.8 Å². The summed E-state index contributed by atoms with van der Waals surface area (Å²) in [6.07, 6.45) is 0.905. The number of anilines is 2. The van der Waals surface area contributed by atoms with Gasteiger partial charge in [0.15, 0.2) is 0 Å². The molecule has 2 amide bonds. The number of benzene rings is 2. The van der Waals surface area contributed by atoms with Crippen LogP contribution in [0.25, 0.3) is 0 Å². The third-order valence-corrected chi connectivity index (χ3v) is 4.39. The Balaban J connectivity index is 2.26. The van der Waals surface area contributed by atoms with E-state index in [9.17, 15) is 22.4 Å². The molecule has 0 radical (unpaired) electrons. The van der Waals surface area contributed by atoms with Gasteiger partial charge in [-0.3, -0.25) is 13.9 Å². The van der Waals surface area contributed by atoms with Gasteiger partial charge in [0.25, 0.3) is 5.91 Å². The van der Waals surface area contributed by atoms with Gasteiger partial charge in [-0.15, -0.1) is 0 Å². The number of hydrogen-bond donors (Lipinski definition) is 2. The average Bonchev–Trinajstić information content (AvgIpc) is 2.52. The summed E-state index contributed by atoms with van der Waals surface area (Å²) in [7, 11) is -3.83. The molecule has 0 spiro atoms. The molecule has 0 heterocycles. The van der Waals surface area contributed by atoms with E-state index in [1.54, 1.807) is 12.1 Å². The number of rotatable bonds is 6. The summed E-state index contributed by atoms with van der Waals surface area (Å²) in [6, 6.07) is 10.9. The van der Waals surface area contributed by atoms with Gasteiger partial charge in [0.05, 0.1) is 23.2 Å². The van der Waals surface area contributed by atoms with Gasteiger partial charge in [-0.05, 0) is 30.3 Å². The van der Waals surface area contributed by atoms with E-state index in [0.29, 0.717) is 0 Å². The molecule has 2 rings (SSSR count). The van der Waals surface area contributed by atoms with Crippen molar-refractivity contribution in [2.24, 2.45) is 5.73 Å². The Bertz CT molecular complexity index is 915. The smallest absolute Gasteiger partial charge is 0.250 e. The Labute approximate surface area is 144 Å². The van der Waals surface area contributed by atoms with Crippen molar-refractivity contribution in [3.63, 3.8) is 0 Å². The molecule has 0 fully saturated rings. The van der Waals surface area contributed by atoms with Crippen molar-refractivity contribution < 1.29 is 22.4 Å². The van der Waals surface area contributed by atoms with Crippen LogP contribution in [-0.4, -0.2) is 33.0 Å². The second-order valence-corrected chi connectivity index (χ2v) is 7.11. The molecule has 0 aliphatic heterocycles. The molecule has 132 valence electrons. The van der Waals surface area contributed by atoms with E-state index in [0.717, 1.165) is 22.7 Å². The lowest BCUT2D eigenvalue weighted by atomic mass is 10.1. The molecule has 0 saturated heterocycles. The maximum Gasteiger partial charge on any atom is 0.250 e. The van der Waals surface area contributed by atoms with Gasteiger partial charge in [0, 0.05) is 0 Å². The highest BCUT2D eigenvalue weighted by Crippen LogP contribution is 2.19. The van der Waals surface area contributed by atoms with Crippen molar-refractivity contribution >= 4 is 33.2 Å². The highest BCUT2D eigenvalue weighted by atomic mass is 32.2. The molecule has 3 N–H and O–H groups in total. The van der Waals surface area contributed by atoms with E-state index >= 15 is 0 Å². The van der Waals surface area contributed by atoms with E-state index in [4.69, 9.17) is 5.73 Å². The summed E-state index contributed by atoms with van der Waals surface area (Å²) in [5, 5.41) is 2.44. The first-order chi connectivity index (χ1) is 11.7. The Kier molecular flexibility index (Phi) is 5.38. The van der Waals surface area contributed by atoms with Gasteiger partial charge in [-0.2, -0.15) is 0 Å². The summed E-state index contributed by atoms with van der Waals surface area (Å²) in [4.78, 5) is 23.6. The molecule has 0 bridgehead atoms. The Morgan fingerprint density at radius 2 is 1.84 bits per heavy atom. The van der Waals surface area contributed by atoms with Crippen LogP contribution in [0.3, 0.4) is 0 Å². The van der Waals surface area contributed by atoms with Gasteiger partial charge in [-0.1, -0.05) is 18.2 Å². The molecule has 0 aliphatic carbocycles. The standard InChI is InChI=1S/C16H16FN3O4S/c1-25(23,24)20(12-6-4-5-11(17)9-12)10-15(21)19-14-8-3-2-7-13(14)16(18)22/h2-9H,10H2,1H3,(H2,18,22)(H,19,21). The lowest BCUT2D eigenvalue weighted by Gasteiger charge is -2.22. The first-order valence-corrected chi connectivity index (χ1v) is 8.95. The Morgan fingerprint density at radius 1 is 1.16 bits per heavy atom. The van der Waals surface area contributed by atoms with Crippen LogP contribution in [-0.2, 0) is 14.8 Å². The van der Waals surface area contributed by atoms with Gasteiger partial charge in [0.1, 0.15) is 12.4 Å². The van der Waals surface area contributed by atoms with Crippen molar-refractivity contribution in [3.8, 4) is 0 Å². The molecule has 0 atom stereocenters. The quantitative estimate of drug-likeness (QED) is 0.805. The van der Waals surface area contributed by atoms with E-state index in [2.05, 4.69) is 5.32 Å². The van der Waals surface area contributed by atoms with Crippen molar-refractivity contribution in [2.75, 3.05) is 22.4 Å². The SMILES string of the molecule is CS(=O)(=O)N(CC(=O)Nc1ccccc1C(N)=O)c1cccc(F)c1. The predicted molar refractivity (Wildman–Crippen MR) is 92.2 cm³/mol. The minimum absolute atomic E-state index is 0.0147. The third-order valence-electron chi connectivity index (χ3n) is 3.25. The van der Waals surface area contributed by atoms with Crippen molar-refractivity contribution in [3.05, 3.63) is 59.9 Å². The fourth-order valence-corrected chi connectivity index (χ4v) is 3.01. The lowest BCUT2D eigenvalue weighted by molar-refractivity contribution is -0.114. The number of carbonyl (C=O) groups is 2. The van der Waals surface area contributed by atoms with Crippen molar-refractivity contribution in [2.45, 2.75) is 0 Å². The van der Waals surface area contributed by atoms with Crippen LogP contribution in [0.2, 0.25) is 0 Å². The maximum atomic E-state index is 13.4. The number of primary amides is 1. The molecule has 2 aromatic rings. The van der Waals surface area contributed by atoms with E-state index in [1.165, 1.54) is 24.3 Å². The normalized spacial score (nSPS) is 11.0. The number of halogens is 1. The van der Waals surface area contributed by atoms with Crippen LogP contribution in [0, 0.1) is 5.82 Å². The number of sulfonamides is 1. The fraction of sp³-hybridized carbons (Fsp3) is 0.125. The van der Waals surface area contributed by atoms with E-state index < -0.39 is 34.2 Å². The van der Waals surface area contributed by atoms with Crippen LogP contribution in [0.1, 0.15) is 10.4 Å². The van der Waals surface area contributed by atoms with Gasteiger partial charge < -0.3 is 11.1 Å². The molecule has 0 saturated carbocycles. The topological polar surface area (TPSA) is 110 Å². The highest BCUT2D eigenvalue weighted by Gasteiger charge is 2.22. The first-order valence-electron chi connectivity index (χ1n) is 7.10. The number of para-hydroxylation sites is 1. The van der Waals surface area contributed by atoms with E-state index in [1.807, 2.05) is 0 Å². The number of nitrogens with zero attached hydrogens (tertiary/aromatic N) is 1. The highest BCUT2D eigenvalue weighted by molar-refractivity contribution is 7.92. The zero-order valence-electron chi connectivity index (χ0n) is 13.3. The second kappa shape index (κ2) is 7.31. The molecule has 9 heteroatoms. The Morgan fingerprint density at radius 3 is 2.44 bits per heavy atom. The molecular weight excluding hydrogens is 349 g/mol. The summed E-state index contributed by atoms with van der Waals surface area (Å²) in [5.41, 5.74) is 5.50. The number of amides is 2. The third kappa shape index (κ3) is 4.77. The van der Waals surface area contributed by atoms with Crippen LogP contribution in [0.5, 0.6) is 0 Å². The minimum Gasteiger partial charge on any atom is -0.366 e. The molecule has 2 aromatic carbocycles. The predicted octanol–water partition coefficient (Wildman–Crippen LogP) is 1.33. The number of carbonyl (C=O) groups excluding carboxylic acids is 2. The van der Waals surface area contributed by atoms with Crippen LogP contribution < -0.4 is 15.4 Å². The molecule has 7 nitrogen and oxygen atoms in total. The monoisotopic (exact) mass is 365 g/mol.